The molecule has 0 radical (unpaired) electrons. The van der Waals surface area contributed by atoms with Gasteiger partial charge in [-0.05, 0) is 38.2 Å². The fraction of sp³-hybridized carbons (Fsp3) is 0.450. The Kier molecular flexibility index (Phi) is 7.01. The molecule has 0 saturated heterocycles. The highest BCUT2D eigenvalue weighted by molar-refractivity contribution is 8.00. The molecule has 5 nitrogen and oxygen atoms in total. The number of esters is 1. The molecule has 0 aliphatic heterocycles. The van der Waals surface area contributed by atoms with Crippen molar-refractivity contribution in [2.75, 3.05) is 18.7 Å². The maximum Gasteiger partial charge on any atom is 0.344 e. The molecule has 1 fully saturated rings. The van der Waals surface area contributed by atoms with E-state index < -0.39 is 5.97 Å². The van der Waals surface area contributed by atoms with Gasteiger partial charge in [-0.2, -0.15) is 0 Å². The summed E-state index contributed by atoms with van der Waals surface area (Å²) in [6.45, 7) is 2.04. The molecule has 0 amide bonds. The number of aromatic nitrogens is 2. The number of aryl methyl sites for hydroxylation is 1. The smallest absolute Gasteiger partial charge is 0.344 e. The lowest BCUT2D eigenvalue weighted by atomic mass is 10.0. The topological polar surface area (TPSA) is 64.1 Å². The predicted octanol–water partition coefficient (Wildman–Crippen LogP) is 5.46. The van der Waals surface area contributed by atoms with Crippen molar-refractivity contribution < 1.29 is 9.53 Å². The van der Waals surface area contributed by atoms with Gasteiger partial charge in [-0.15, -0.1) is 11.8 Å². The van der Waals surface area contributed by atoms with E-state index in [4.69, 9.17) is 4.74 Å². The van der Waals surface area contributed by atoms with E-state index in [1.807, 2.05) is 37.4 Å². The molecule has 1 heterocycles. The Morgan fingerprint density at radius 2 is 1.85 bits per heavy atom. The maximum atomic E-state index is 12.6. The lowest BCUT2D eigenvalue weighted by Gasteiger charge is -2.22. The molecule has 144 valence electrons. The molecule has 7 heteroatoms. The third-order valence-electron chi connectivity index (χ3n) is 4.57. The van der Waals surface area contributed by atoms with Crippen molar-refractivity contribution >= 4 is 41.0 Å². The van der Waals surface area contributed by atoms with E-state index in [0.29, 0.717) is 26.8 Å². The summed E-state index contributed by atoms with van der Waals surface area (Å²) in [6.07, 6.45) is 8.02. The second-order valence-electron chi connectivity index (χ2n) is 6.60. The summed E-state index contributed by atoms with van der Waals surface area (Å²) in [6, 6.07) is 8.00. The van der Waals surface area contributed by atoms with Crippen LogP contribution in [-0.2, 0) is 4.74 Å². The number of hydrogen-bond donors (Lipinski definition) is 1. The molecule has 1 aromatic carbocycles. The first-order chi connectivity index (χ1) is 13.1. The van der Waals surface area contributed by atoms with Crippen molar-refractivity contribution in [2.24, 2.45) is 0 Å². The van der Waals surface area contributed by atoms with Crippen LogP contribution in [0.3, 0.4) is 0 Å². The van der Waals surface area contributed by atoms with Crippen LogP contribution in [0.1, 0.15) is 48.0 Å². The van der Waals surface area contributed by atoms with Crippen LogP contribution in [0.4, 0.5) is 11.5 Å². The molecule has 27 heavy (non-hydrogen) atoms. The Hall–Kier alpha value is -1.73. The summed E-state index contributed by atoms with van der Waals surface area (Å²) in [5, 5.41) is 5.13. The number of anilines is 2. The number of nitrogens with one attached hydrogen (secondary N) is 1. The largest absolute Gasteiger partial charge is 0.465 e. The van der Waals surface area contributed by atoms with Crippen molar-refractivity contribution in [3.8, 4) is 0 Å². The van der Waals surface area contributed by atoms with Crippen LogP contribution in [-0.4, -0.2) is 34.6 Å². The third-order valence-corrected chi connectivity index (χ3v) is 6.44. The van der Waals surface area contributed by atoms with Crippen molar-refractivity contribution in [3.05, 3.63) is 35.4 Å². The standard InChI is InChI=1S/C20H25N3O2S2/c1-13-9-11-14(12-10-13)21-17-16(19(24)25-2)18(23-20(22-17)26-3)27-15-7-5-4-6-8-15/h9-12,15H,4-8H2,1-3H3,(H,21,22,23). The minimum atomic E-state index is -0.407. The SMILES string of the molecule is COC(=O)c1c(Nc2ccc(C)cc2)nc(SC)nc1SC1CCCCC1. The number of thioether (sulfide) groups is 2. The van der Waals surface area contributed by atoms with Gasteiger partial charge in [0.25, 0.3) is 0 Å². The lowest BCUT2D eigenvalue weighted by Crippen LogP contribution is -2.14. The zero-order chi connectivity index (χ0) is 19.2. The zero-order valence-corrected chi connectivity index (χ0v) is 17.6. The molecule has 0 unspecified atom stereocenters. The van der Waals surface area contributed by atoms with Gasteiger partial charge >= 0.3 is 5.97 Å². The second kappa shape index (κ2) is 9.46. The number of hydrogen-bond acceptors (Lipinski definition) is 7. The molecule has 1 aromatic heterocycles. The predicted molar refractivity (Wildman–Crippen MR) is 112 cm³/mol. The molecule has 1 aliphatic carbocycles. The number of rotatable bonds is 6. The minimum absolute atomic E-state index is 0.407. The van der Waals surface area contributed by atoms with Gasteiger partial charge in [0.05, 0.1) is 7.11 Å². The van der Waals surface area contributed by atoms with Gasteiger partial charge in [0.15, 0.2) is 11.0 Å². The first-order valence-corrected chi connectivity index (χ1v) is 11.3. The monoisotopic (exact) mass is 403 g/mol. The molecular weight excluding hydrogens is 378 g/mol. The number of ether oxygens (including phenoxy) is 1. The molecule has 2 aromatic rings. The van der Waals surface area contributed by atoms with E-state index in [2.05, 4.69) is 15.3 Å². The number of carbonyl (C=O) groups is 1. The third kappa shape index (κ3) is 5.17. The first kappa shape index (κ1) is 20.0. The average molecular weight is 404 g/mol. The molecular formula is C20H25N3O2S2. The van der Waals surface area contributed by atoms with E-state index >= 15 is 0 Å². The molecule has 0 bridgehead atoms. The summed E-state index contributed by atoms with van der Waals surface area (Å²) in [5.74, 6) is 0.0962. The number of carbonyl (C=O) groups excluding carboxylic acids is 1. The van der Waals surface area contributed by atoms with Crippen LogP contribution >= 0.6 is 23.5 Å². The summed E-state index contributed by atoms with van der Waals surface area (Å²) < 4.78 is 5.06. The van der Waals surface area contributed by atoms with Gasteiger partial charge in [-0.25, -0.2) is 14.8 Å². The number of methoxy groups -OCH3 is 1. The average Bonchev–Trinajstić information content (AvgIpc) is 2.69. The summed E-state index contributed by atoms with van der Waals surface area (Å²) in [7, 11) is 1.40. The highest BCUT2D eigenvalue weighted by Gasteiger charge is 2.25. The summed E-state index contributed by atoms with van der Waals surface area (Å²) in [4.78, 5) is 21.8. The Labute approximate surface area is 169 Å². The number of nitrogens with zero attached hydrogens (tertiary/aromatic N) is 2. The molecule has 0 atom stereocenters. The van der Waals surface area contributed by atoms with Crippen molar-refractivity contribution in [1.29, 1.82) is 0 Å². The minimum Gasteiger partial charge on any atom is -0.465 e. The van der Waals surface area contributed by atoms with E-state index in [1.54, 1.807) is 11.8 Å². The van der Waals surface area contributed by atoms with Crippen LogP contribution in [0.5, 0.6) is 0 Å². The van der Waals surface area contributed by atoms with Gasteiger partial charge < -0.3 is 10.1 Å². The van der Waals surface area contributed by atoms with Gasteiger partial charge in [0.2, 0.25) is 0 Å². The van der Waals surface area contributed by atoms with E-state index in [-0.39, 0.29) is 0 Å². The first-order valence-electron chi connectivity index (χ1n) is 9.15. The Morgan fingerprint density at radius 3 is 2.48 bits per heavy atom. The van der Waals surface area contributed by atoms with Gasteiger partial charge in [0.1, 0.15) is 10.6 Å². The Morgan fingerprint density at radius 1 is 1.15 bits per heavy atom. The van der Waals surface area contributed by atoms with Crippen LogP contribution in [0.2, 0.25) is 0 Å². The molecule has 0 spiro atoms. The summed E-state index contributed by atoms with van der Waals surface area (Å²) >= 11 is 3.16. The van der Waals surface area contributed by atoms with Crippen molar-refractivity contribution in [2.45, 2.75) is 54.5 Å². The van der Waals surface area contributed by atoms with E-state index in [1.165, 1.54) is 43.7 Å². The highest BCUT2D eigenvalue weighted by atomic mass is 32.2. The Bertz CT molecular complexity index is 791. The van der Waals surface area contributed by atoms with Crippen LogP contribution in [0, 0.1) is 6.92 Å². The van der Waals surface area contributed by atoms with E-state index in [9.17, 15) is 4.79 Å². The highest BCUT2D eigenvalue weighted by Crippen LogP contribution is 2.37. The zero-order valence-electron chi connectivity index (χ0n) is 15.9. The van der Waals surface area contributed by atoms with Gasteiger partial charge in [0, 0.05) is 10.9 Å². The second-order valence-corrected chi connectivity index (χ2v) is 8.66. The molecule has 3 rings (SSSR count). The molecule has 1 N–H and O–H groups in total. The van der Waals surface area contributed by atoms with Crippen molar-refractivity contribution in [3.63, 3.8) is 0 Å². The van der Waals surface area contributed by atoms with Gasteiger partial charge in [-0.3, -0.25) is 0 Å². The molecule has 1 saturated carbocycles. The quantitative estimate of drug-likeness (QED) is 0.297. The lowest BCUT2D eigenvalue weighted by molar-refractivity contribution is 0.0596. The maximum absolute atomic E-state index is 12.6. The van der Waals surface area contributed by atoms with Crippen LogP contribution in [0.25, 0.3) is 0 Å². The normalized spacial score (nSPS) is 14.8. The fourth-order valence-electron chi connectivity index (χ4n) is 3.09. The molecule has 1 aliphatic rings. The fourth-order valence-corrected chi connectivity index (χ4v) is 4.83. The Balaban J connectivity index is 1.99. The van der Waals surface area contributed by atoms with E-state index in [0.717, 1.165) is 18.5 Å². The number of benzene rings is 1. The summed E-state index contributed by atoms with van der Waals surface area (Å²) in [5.41, 5.74) is 2.48. The van der Waals surface area contributed by atoms with Gasteiger partial charge in [-0.1, -0.05) is 48.7 Å². The van der Waals surface area contributed by atoms with Crippen LogP contribution in [0.15, 0.2) is 34.4 Å². The van der Waals surface area contributed by atoms with Crippen LogP contribution < -0.4 is 5.32 Å². The van der Waals surface area contributed by atoms with Crippen molar-refractivity contribution in [1.82, 2.24) is 9.97 Å².